The molecule has 0 saturated heterocycles. The van der Waals surface area contributed by atoms with Crippen LogP contribution in [0.5, 0.6) is 0 Å². The maximum absolute atomic E-state index is 12.0. The van der Waals surface area contributed by atoms with Crippen molar-refractivity contribution in [2.75, 3.05) is 6.61 Å². The molecule has 10 nitrogen and oxygen atoms in total. The van der Waals surface area contributed by atoms with Gasteiger partial charge in [0.05, 0.1) is 0 Å². The normalized spacial score (nSPS) is 19.4. The third-order valence-electron chi connectivity index (χ3n) is 5.34. The van der Waals surface area contributed by atoms with Crippen LogP contribution in [0.2, 0.25) is 0 Å². The summed E-state index contributed by atoms with van der Waals surface area (Å²) in [7, 11) is 0. The number of carbonyl (C=O) groups is 5. The molecule has 0 radical (unpaired) electrons. The van der Waals surface area contributed by atoms with Gasteiger partial charge < -0.3 is 23.7 Å². The van der Waals surface area contributed by atoms with Crippen molar-refractivity contribution < 1.29 is 47.7 Å². The van der Waals surface area contributed by atoms with Crippen molar-refractivity contribution in [1.29, 1.82) is 0 Å². The van der Waals surface area contributed by atoms with Crippen LogP contribution >= 0.6 is 0 Å². The molecule has 0 aromatic carbocycles. The lowest BCUT2D eigenvalue weighted by atomic mass is 9.79. The first-order valence-electron chi connectivity index (χ1n) is 10.8. The fourth-order valence-electron chi connectivity index (χ4n) is 3.86. The van der Waals surface area contributed by atoms with Gasteiger partial charge in [0.25, 0.3) is 0 Å². The van der Waals surface area contributed by atoms with Crippen molar-refractivity contribution in [2.45, 2.75) is 92.1 Å². The Labute approximate surface area is 193 Å². The fourth-order valence-corrected chi connectivity index (χ4v) is 3.86. The topological polar surface area (TPSA) is 132 Å². The summed E-state index contributed by atoms with van der Waals surface area (Å²) in [6, 6.07) is 0. The van der Waals surface area contributed by atoms with Crippen LogP contribution in [0.15, 0.2) is 11.1 Å². The van der Waals surface area contributed by atoms with Gasteiger partial charge in [0.1, 0.15) is 12.7 Å². The zero-order chi connectivity index (χ0) is 25.3. The van der Waals surface area contributed by atoms with Crippen molar-refractivity contribution in [1.82, 2.24) is 0 Å². The van der Waals surface area contributed by atoms with E-state index in [0.29, 0.717) is 12.8 Å². The first kappa shape index (κ1) is 28.1. The minimum absolute atomic E-state index is 0.258. The van der Waals surface area contributed by atoms with Gasteiger partial charge in [-0.1, -0.05) is 11.1 Å². The third-order valence-corrected chi connectivity index (χ3v) is 5.34. The average molecular weight is 471 g/mol. The molecule has 0 saturated carbocycles. The van der Waals surface area contributed by atoms with Gasteiger partial charge in [0.2, 0.25) is 0 Å². The van der Waals surface area contributed by atoms with Gasteiger partial charge in [-0.2, -0.15) is 0 Å². The van der Waals surface area contributed by atoms with Crippen LogP contribution in [-0.4, -0.2) is 60.9 Å². The van der Waals surface area contributed by atoms with E-state index in [4.69, 9.17) is 23.7 Å². The van der Waals surface area contributed by atoms with E-state index >= 15 is 0 Å². The minimum Gasteiger partial charge on any atom is -0.462 e. The van der Waals surface area contributed by atoms with E-state index in [9.17, 15) is 24.0 Å². The van der Waals surface area contributed by atoms with Gasteiger partial charge in [0, 0.05) is 40.5 Å². The predicted octanol–water partition coefficient (Wildman–Crippen LogP) is 2.41. The van der Waals surface area contributed by atoms with Crippen molar-refractivity contribution >= 4 is 29.8 Å². The second-order valence-electron chi connectivity index (χ2n) is 8.24. The summed E-state index contributed by atoms with van der Waals surface area (Å²) in [6.45, 7) is 9.34. The third kappa shape index (κ3) is 9.63. The number of hydrogen-bond acceptors (Lipinski definition) is 10. The number of rotatable bonds is 10. The second-order valence-corrected chi connectivity index (χ2v) is 8.24. The van der Waals surface area contributed by atoms with E-state index in [1.807, 2.05) is 13.8 Å². The summed E-state index contributed by atoms with van der Waals surface area (Å²) < 4.78 is 26.8. The summed E-state index contributed by atoms with van der Waals surface area (Å²) >= 11 is 0. The SMILES string of the molecule is CC(=O)OC[C@@H](OC(C)=O)[C@@H](OC(C)=O)[C@H](OC(C)=O)[C@H](OC(C)=O)[C@H]1CCC(C)=C(C)C1. The quantitative estimate of drug-likeness (QED) is 0.266. The van der Waals surface area contributed by atoms with Crippen LogP contribution in [0.3, 0.4) is 0 Å². The largest absolute Gasteiger partial charge is 0.462 e. The van der Waals surface area contributed by atoms with Gasteiger partial charge in [-0.25, -0.2) is 0 Å². The molecule has 0 bridgehead atoms. The van der Waals surface area contributed by atoms with Crippen LogP contribution in [0, 0.1) is 5.92 Å². The van der Waals surface area contributed by atoms with Gasteiger partial charge in [-0.3, -0.25) is 24.0 Å². The molecule has 33 heavy (non-hydrogen) atoms. The lowest BCUT2D eigenvalue weighted by Gasteiger charge is -2.39. The van der Waals surface area contributed by atoms with Crippen LogP contribution in [0.4, 0.5) is 0 Å². The Kier molecular flexibility index (Phi) is 11.0. The first-order chi connectivity index (χ1) is 15.3. The summed E-state index contributed by atoms with van der Waals surface area (Å²) in [6.07, 6.45) is -3.07. The van der Waals surface area contributed by atoms with Crippen molar-refractivity contribution in [3.63, 3.8) is 0 Å². The second kappa shape index (κ2) is 13.0. The highest BCUT2D eigenvalue weighted by molar-refractivity contribution is 5.69. The summed E-state index contributed by atoms with van der Waals surface area (Å²) in [4.78, 5) is 59.2. The number of hydrogen-bond donors (Lipinski definition) is 0. The summed E-state index contributed by atoms with van der Waals surface area (Å²) in [5.41, 5.74) is 2.34. The van der Waals surface area contributed by atoms with Crippen molar-refractivity contribution in [3.8, 4) is 0 Å². The molecule has 1 aliphatic rings. The van der Waals surface area contributed by atoms with E-state index in [1.165, 1.54) is 12.5 Å². The molecular weight excluding hydrogens is 436 g/mol. The molecule has 1 rings (SSSR count). The molecule has 0 aromatic rings. The van der Waals surface area contributed by atoms with Gasteiger partial charge in [0.15, 0.2) is 18.3 Å². The van der Waals surface area contributed by atoms with E-state index in [0.717, 1.165) is 39.7 Å². The summed E-state index contributed by atoms with van der Waals surface area (Å²) in [5, 5.41) is 0. The Hall–Kier alpha value is -2.91. The summed E-state index contributed by atoms with van der Waals surface area (Å²) in [5.74, 6) is -3.74. The molecule has 0 amide bonds. The predicted molar refractivity (Wildman–Crippen MR) is 115 cm³/mol. The highest BCUT2D eigenvalue weighted by Crippen LogP contribution is 2.36. The van der Waals surface area contributed by atoms with Crippen LogP contribution < -0.4 is 0 Å². The van der Waals surface area contributed by atoms with Crippen LogP contribution in [-0.2, 0) is 47.7 Å². The molecule has 0 aliphatic heterocycles. The molecule has 5 atom stereocenters. The molecule has 1 aliphatic carbocycles. The molecule has 0 spiro atoms. The highest BCUT2D eigenvalue weighted by atomic mass is 16.6. The van der Waals surface area contributed by atoms with Crippen molar-refractivity contribution in [3.05, 3.63) is 11.1 Å². The number of allylic oxidation sites excluding steroid dienone is 2. The fraction of sp³-hybridized carbons (Fsp3) is 0.696. The maximum Gasteiger partial charge on any atom is 0.303 e. The Morgan fingerprint density at radius 1 is 0.727 bits per heavy atom. The first-order valence-corrected chi connectivity index (χ1v) is 10.8. The van der Waals surface area contributed by atoms with Gasteiger partial charge in [-0.05, 0) is 33.1 Å². The lowest BCUT2D eigenvalue weighted by Crippen LogP contribution is -2.55. The Morgan fingerprint density at radius 2 is 1.24 bits per heavy atom. The van der Waals surface area contributed by atoms with Gasteiger partial charge in [-0.15, -0.1) is 0 Å². The number of esters is 5. The van der Waals surface area contributed by atoms with Crippen LogP contribution in [0.1, 0.15) is 67.7 Å². The molecule has 0 N–H and O–H groups in total. The zero-order valence-electron chi connectivity index (χ0n) is 20.3. The van der Waals surface area contributed by atoms with Gasteiger partial charge >= 0.3 is 29.8 Å². The maximum atomic E-state index is 12.0. The van der Waals surface area contributed by atoms with E-state index in [-0.39, 0.29) is 5.92 Å². The minimum atomic E-state index is -1.40. The van der Waals surface area contributed by atoms with Crippen LogP contribution in [0.25, 0.3) is 0 Å². The van der Waals surface area contributed by atoms with Crippen molar-refractivity contribution in [2.24, 2.45) is 5.92 Å². The Morgan fingerprint density at radius 3 is 1.70 bits per heavy atom. The lowest BCUT2D eigenvalue weighted by molar-refractivity contribution is -0.207. The average Bonchev–Trinajstić information content (AvgIpc) is 2.67. The molecular formula is C23H34O10. The Bertz CT molecular complexity index is 784. The standard InChI is InChI=1S/C23H34O10/c1-12-8-9-19(10-13(12)2)21(31-16(5)26)23(33-18(7)28)22(32-17(6)27)20(30-15(4)25)11-29-14(3)24/h19-23H,8-11H2,1-7H3/t19-,20+,21+,22+,23+/m0/s1. The highest BCUT2D eigenvalue weighted by Gasteiger charge is 2.47. The Balaban J connectivity index is 3.51. The van der Waals surface area contributed by atoms with E-state index < -0.39 is 60.9 Å². The molecule has 0 heterocycles. The number of ether oxygens (including phenoxy) is 5. The van der Waals surface area contributed by atoms with E-state index in [2.05, 4.69) is 0 Å². The monoisotopic (exact) mass is 470 g/mol. The molecule has 0 unspecified atom stereocenters. The smallest absolute Gasteiger partial charge is 0.303 e. The molecule has 0 aromatic heterocycles. The zero-order valence-corrected chi connectivity index (χ0v) is 20.3. The number of carbonyl (C=O) groups excluding carboxylic acids is 5. The molecule has 0 fully saturated rings. The molecule has 10 heteroatoms. The molecule has 186 valence electrons. The van der Waals surface area contributed by atoms with E-state index in [1.54, 1.807) is 0 Å².